The number of likely N-dealkylation sites (N-methyl/N-ethyl adjacent to an activating group) is 1. The Morgan fingerprint density at radius 3 is 2.76 bits per heavy atom. The topological polar surface area (TPSA) is 87.5 Å². The molecule has 33 heavy (non-hydrogen) atoms. The fourth-order valence-corrected chi connectivity index (χ4v) is 3.52. The van der Waals surface area contributed by atoms with Gasteiger partial charge in [-0.3, -0.25) is 14.7 Å². The Hall–Kier alpha value is -3.67. The van der Waals surface area contributed by atoms with Crippen LogP contribution in [0, 0.1) is 17.1 Å². The molecule has 0 amide bonds. The molecule has 1 N–H and O–H groups in total. The molecule has 1 aromatic heterocycles. The maximum atomic E-state index is 14.3. The van der Waals surface area contributed by atoms with Crippen molar-refractivity contribution < 1.29 is 18.7 Å². The van der Waals surface area contributed by atoms with E-state index in [9.17, 15) is 14.4 Å². The van der Waals surface area contributed by atoms with Crippen molar-refractivity contribution in [3.8, 4) is 17.6 Å². The van der Waals surface area contributed by atoms with Crippen molar-refractivity contribution in [2.24, 2.45) is 0 Å². The number of hydrogen-bond donors (Lipinski definition) is 1. The van der Waals surface area contributed by atoms with E-state index in [2.05, 4.69) is 22.9 Å². The van der Waals surface area contributed by atoms with Crippen LogP contribution < -0.4 is 14.8 Å². The van der Waals surface area contributed by atoms with Crippen LogP contribution in [0.15, 0.2) is 43.1 Å². The van der Waals surface area contributed by atoms with Gasteiger partial charge in [0.2, 0.25) is 0 Å². The average molecular weight is 469 g/mol. The number of esters is 1. The first-order chi connectivity index (χ1) is 15.8. The van der Waals surface area contributed by atoms with Gasteiger partial charge in [0, 0.05) is 43.4 Å². The van der Waals surface area contributed by atoms with Crippen LogP contribution in [0.4, 0.5) is 15.8 Å². The van der Waals surface area contributed by atoms with E-state index in [0.29, 0.717) is 46.7 Å². The zero-order valence-electron chi connectivity index (χ0n) is 18.4. The first-order valence-electron chi connectivity index (χ1n) is 9.91. The number of fused-ring (bicyclic) bond motifs is 1. The third kappa shape index (κ3) is 5.40. The maximum Gasteiger partial charge on any atom is 0.308 e. The molecule has 0 atom stereocenters. The second-order valence-corrected chi connectivity index (χ2v) is 7.71. The van der Waals surface area contributed by atoms with Crippen LogP contribution in [0.25, 0.3) is 10.9 Å². The molecule has 0 unspecified atom stereocenters. The molecule has 1 heterocycles. The van der Waals surface area contributed by atoms with Gasteiger partial charge in [-0.1, -0.05) is 17.7 Å². The Balaban J connectivity index is 2.19. The zero-order valence-corrected chi connectivity index (χ0v) is 19.2. The molecule has 0 radical (unpaired) electrons. The van der Waals surface area contributed by atoms with Crippen molar-refractivity contribution in [2.75, 3.05) is 26.0 Å². The van der Waals surface area contributed by atoms with Gasteiger partial charge in [0.15, 0.2) is 11.5 Å². The lowest BCUT2D eigenvalue weighted by atomic mass is 10.1. The number of aromatic nitrogens is 1. The molecule has 0 aliphatic heterocycles. The van der Waals surface area contributed by atoms with Gasteiger partial charge < -0.3 is 14.8 Å². The van der Waals surface area contributed by atoms with Crippen molar-refractivity contribution in [3.05, 3.63) is 65.1 Å². The van der Waals surface area contributed by atoms with Gasteiger partial charge >= 0.3 is 5.97 Å². The van der Waals surface area contributed by atoms with Crippen LogP contribution in [-0.4, -0.2) is 36.6 Å². The second kappa shape index (κ2) is 10.3. The Kier molecular flexibility index (Phi) is 7.48. The van der Waals surface area contributed by atoms with Crippen molar-refractivity contribution >= 4 is 39.8 Å². The fraction of sp³-hybridized carbons (Fsp3) is 0.208. The molecule has 170 valence electrons. The lowest BCUT2D eigenvalue weighted by Crippen LogP contribution is -2.18. The number of carbonyl (C=O) groups excluding carboxylic acids is 1. The van der Waals surface area contributed by atoms with Gasteiger partial charge in [-0.05, 0) is 30.8 Å². The minimum absolute atomic E-state index is 0.0632. The number of carbonyl (C=O) groups is 1. The number of nitriles is 1. The van der Waals surface area contributed by atoms with Crippen LogP contribution in [-0.2, 0) is 11.3 Å². The van der Waals surface area contributed by atoms with Crippen LogP contribution in [0.3, 0.4) is 0 Å². The number of rotatable bonds is 8. The third-order valence-corrected chi connectivity index (χ3v) is 5.10. The van der Waals surface area contributed by atoms with Crippen LogP contribution in [0.2, 0.25) is 5.02 Å². The van der Waals surface area contributed by atoms with E-state index in [1.807, 2.05) is 11.9 Å². The summed E-state index contributed by atoms with van der Waals surface area (Å²) in [4.78, 5) is 17.8. The van der Waals surface area contributed by atoms with Gasteiger partial charge in [-0.2, -0.15) is 5.26 Å². The molecule has 0 saturated heterocycles. The van der Waals surface area contributed by atoms with E-state index in [1.54, 1.807) is 18.2 Å². The summed E-state index contributed by atoms with van der Waals surface area (Å²) in [5.74, 6) is -0.575. The summed E-state index contributed by atoms with van der Waals surface area (Å²) < 4.78 is 24.8. The highest BCUT2D eigenvalue weighted by molar-refractivity contribution is 6.31. The number of nitrogens with zero attached hydrogens (tertiary/aromatic N) is 3. The summed E-state index contributed by atoms with van der Waals surface area (Å²) in [5, 5.41) is 13.4. The number of halogens is 2. The standard InChI is InChI=1S/C24H22ClFN4O3/c1-5-6-30(3)13-15-7-19(26)18(25)9-20(15)29-24-16(11-27)12-28-21-10-22(32-4)23(8-17(21)24)33-14(2)31/h5,7-10,12H,1,6,13H2,2-4H3,(H,28,29). The third-order valence-electron chi connectivity index (χ3n) is 4.81. The minimum atomic E-state index is -0.550. The first kappa shape index (κ1) is 24.0. The summed E-state index contributed by atoms with van der Waals surface area (Å²) >= 11 is 6.07. The number of benzene rings is 2. The quantitative estimate of drug-likeness (QED) is 0.276. The number of anilines is 2. The molecule has 3 rings (SSSR count). The van der Waals surface area contributed by atoms with E-state index in [1.165, 1.54) is 32.4 Å². The van der Waals surface area contributed by atoms with E-state index in [0.717, 1.165) is 0 Å². The van der Waals surface area contributed by atoms with E-state index >= 15 is 0 Å². The summed E-state index contributed by atoms with van der Waals surface area (Å²) in [5.41, 5.74) is 2.30. The lowest BCUT2D eigenvalue weighted by Gasteiger charge is -2.20. The maximum absolute atomic E-state index is 14.3. The van der Waals surface area contributed by atoms with E-state index in [-0.39, 0.29) is 16.3 Å². The minimum Gasteiger partial charge on any atom is -0.493 e. The highest BCUT2D eigenvalue weighted by Gasteiger charge is 2.18. The smallest absolute Gasteiger partial charge is 0.308 e. The SMILES string of the molecule is C=CCN(C)Cc1cc(F)c(Cl)cc1Nc1c(C#N)cnc2cc(OC)c(OC(C)=O)cc12. The van der Waals surface area contributed by atoms with Gasteiger partial charge in [-0.15, -0.1) is 6.58 Å². The summed E-state index contributed by atoms with van der Waals surface area (Å²) in [6, 6.07) is 8.11. The summed E-state index contributed by atoms with van der Waals surface area (Å²) in [6.45, 7) is 6.00. The van der Waals surface area contributed by atoms with Crippen LogP contribution in [0.1, 0.15) is 18.1 Å². The number of hydrogen-bond acceptors (Lipinski definition) is 7. The highest BCUT2D eigenvalue weighted by atomic mass is 35.5. The van der Waals surface area contributed by atoms with Crippen molar-refractivity contribution in [1.29, 1.82) is 5.26 Å². The van der Waals surface area contributed by atoms with Gasteiger partial charge in [0.25, 0.3) is 0 Å². The van der Waals surface area contributed by atoms with Crippen molar-refractivity contribution in [2.45, 2.75) is 13.5 Å². The normalized spacial score (nSPS) is 10.7. The molecule has 0 aliphatic carbocycles. The highest BCUT2D eigenvalue weighted by Crippen LogP contribution is 2.38. The first-order valence-corrected chi connectivity index (χ1v) is 10.3. The number of pyridine rings is 1. The predicted octanol–water partition coefficient (Wildman–Crippen LogP) is 5.19. The number of nitrogens with one attached hydrogen (secondary N) is 1. The summed E-state index contributed by atoms with van der Waals surface area (Å²) in [6.07, 6.45) is 3.16. The fourth-order valence-electron chi connectivity index (χ4n) is 3.36. The monoisotopic (exact) mass is 468 g/mol. The predicted molar refractivity (Wildman–Crippen MR) is 126 cm³/mol. The lowest BCUT2D eigenvalue weighted by molar-refractivity contribution is -0.132. The van der Waals surface area contributed by atoms with Gasteiger partial charge in [-0.25, -0.2) is 4.39 Å². The van der Waals surface area contributed by atoms with Gasteiger partial charge in [0.1, 0.15) is 11.9 Å². The molecule has 0 bridgehead atoms. The zero-order chi connectivity index (χ0) is 24.1. The van der Waals surface area contributed by atoms with Crippen molar-refractivity contribution in [3.63, 3.8) is 0 Å². The summed E-state index contributed by atoms with van der Waals surface area (Å²) in [7, 11) is 3.32. The number of methoxy groups -OCH3 is 1. The van der Waals surface area contributed by atoms with E-state index in [4.69, 9.17) is 21.1 Å². The molecule has 2 aromatic carbocycles. The molecule has 0 saturated carbocycles. The number of ether oxygens (including phenoxy) is 2. The van der Waals surface area contributed by atoms with E-state index < -0.39 is 11.8 Å². The van der Waals surface area contributed by atoms with Crippen LogP contribution >= 0.6 is 11.6 Å². The molecule has 9 heteroatoms. The molecule has 3 aromatic rings. The largest absolute Gasteiger partial charge is 0.493 e. The van der Waals surface area contributed by atoms with Gasteiger partial charge in [0.05, 0.1) is 28.9 Å². The molecule has 0 spiro atoms. The molecule has 0 fully saturated rings. The second-order valence-electron chi connectivity index (χ2n) is 7.31. The van der Waals surface area contributed by atoms with Crippen molar-refractivity contribution in [1.82, 2.24) is 9.88 Å². The molecular weight excluding hydrogens is 447 g/mol. The van der Waals surface area contributed by atoms with Crippen LogP contribution in [0.5, 0.6) is 11.5 Å². The Morgan fingerprint density at radius 2 is 2.12 bits per heavy atom. The molecule has 0 aliphatic rings. The Bertz CT molecular complexity index is 1270. The Labute approximate surface area is 196 Å². The Morgan fingerprint density at radius 1 is 1.36 bits per heavy atom. The molecule has 7 nitrogen and oxygen atoms in total. The molecular formula is C24H22ClFN4O3. The average Bonchev–Trinajstić information content (AvgIpc) is 2.76.